The van der Waals surface area contributed by atoms with E-state index in [2.05, 4.69) is 28.1 Å². The van der Waals surface area contributed by atoms with Crippen LogP contribution in [-0.2, 0) is 9.59 Å². The second-order valence-corrected chi connectivity index (χ2v) is 8.10. The van der Waals surface area contributed by atoms with Gasteiger partial charge in [0, 0.05) is 35.5 Å². The van der Waals surface area contributed by atoms with E-state index in [9.17, 15) is 9.59 Å². The summed E-state index contributed by atoms with van der Waals surface area (Å²) in [5, 5.41) is 11.1. The van der Waals surface area contributed by atoms with Gasteiger partial charge in [-0.15, -0.1) is 11.3 Å². The van der Waals surface area contributed by atoms with E-state index in [-0.39, 0.29) is 30.3 Å². The Hall–Kier alpha value is -2.38. The smallest absolute Gasteiger partial charge is 0.243 e. The maximum Gasteiger partial charge on any atom is 0.243 e. The van der Waals surface area contributed by atoms with Gasteiger partial charge in [-0.25, -0.2) is 0 Å². The highest BCUT2D eigenvalue weighted by Gasteiger charge is 2.40. The Labute approximate surface area is 170 Å². The second kappa shape index (κ2) is 9.21. The van der Waals surface area contributed by atoms with Gasteiger partial charge in [0.1, 0.15) is 6.04 Å². The summed E-state index contributed by atoms with van der Waals surface area (Å²) < 4.78 is 0. The van der Waals surface area contributed by atoms with E-state index in [1.165, 1.54) is 5.56 Å². The Bertz CT molecular complexity index is 808. The quantitative estimate of drug-likeness (QED) is 0.668. The van der Waals surface area contributed by atoms with Crippen LogP contribution in [0.3, 0.4) is 0 Å². The van der Waals surface area contributed by atoms with Gasteiger partial charge in [-0.3, -0.25) is 9.59 Å². The first-order valence-electron chi connectivity index (χ1n) is 9.59. The number of hydrogen-bond donors (Lipinski definition) is 3. The number of carbonyl (C=O) groups excluding carboxylic acids is 2. The van der Waals surface area contributed by atoms with Crippen LogP contribution in [0.4, 0.5) is 5.69 Å². The lowest BCUT2D eigenvalue weighted by Crippen LogP contribution is -2.48. The third-order valence-electron chi connectivity index (χ3n) is 5.22. The summed E-state index contributed by atoms with van der Waals surface area (Å²) in [4.78, 5) is 28.5. The van der Waals surface area contributed by atoms with Gasteiger partial charge in [0.05, 0.1) is 12.6 Å². The minimum absolute atomic E-state index is 0.0395. The molecule has 1 aromatic heterocycles. The van der Waals surface area contributed by atoms with E-state index in [1.807, 2.05) is 43.6 Å². The molecule has 1 fully saturated rings. The molecule has 1 aromatic carbocycles. The Morgan fingerprint density at radius 1 is 1.25 bits per heavy atom. The molecular weight excluding hydrogens is 372 g/mol. The Balaban J connectivity index is 1.73. The van der Waals surface area contributed by atoms with Crippen molar-refractivity contribution < 1.29 is 9.59 Å². The Morgan fingerprint density at radius 2 is 2.00 bits per heavy atom. The van der Waals surface area contributed by atoms with Gasteiger partial charge >= 0.3 is 0 Å². The molecule has 1 aliphatic heterocycles. The molecule has 0 radical (unpaired) electrons. The molecule has 1 unspecified atom stereocenters. The van der Waals surface area contributed by atoms with Crippen molar-refractivity contribution >= 4 is 28.8 Å². The molecule has 6 nitrogen and oxygen atoms in total. The molecule has 2 amide bonds. The summed E-state index contributed by atoms with van der Waals surface area (Å²) in [6, 6.07) is 11.6. The van der Waals surface area contributed by atoms with E-state index in [1.54, 1.807) is 23.3 Å². The van der Waals surface area contributed by atoms with E-state index < -0.39 is 6.04 Å². The van der Waals surface area contributed by atoms with E-state index >= 15 is 0 Å². The van der Waals surface area contributed by atoms with Gasteiger partial charge in [0.15, 0.2) is 0 Å². The van der Waals surface area contributed by atoms with Crippen LogP contribution in [0.5, 0.6) is 0 Å². The fourth-order valence-corrected chi connectivity index (χ4v) is 4.58. The summed E-state index contributed by atoms with van der Waals surface area (Å²) >= 11 is 1.61. The summed E-state index contributed by atoms with van der Waals surface area (Å²) in [6.07, 6.45) is 0.643. The van der Waals surface area contributed by atoms with Crippen molar-refractivity contribution in [1.82, 2.24) is 15.5 Å². The number of thiophene rings is 1. The Morgan fingerprint density at radius 3 is 2.64 bits per heavy atom. The third-order valence-corrected chi connectivity index (χ3v) is 6.33. The molecule has 0 bridgehead atoms. The number of anilines is 1. The largest absolute Gasteiger partial charge is 0.387 e. The number of likely N-dealkylation sites (N-methyl/N-ethyl adjacent to an activating group) is 1. The SMILES string of the molecule is CNCC(=O)N1C[C@H](c2ccccc2)CC1C(=O)N[C@H](C)c1cc(NC)cs1. The van der Waals surface area contributed by atoms with Gasteiger partial charge in [-0.05, 0) is 32.0 Å². The standard InChI is InChI=1S/C21H28N4O2S/c1-14(19-10-17(23-3)13-28-19)24-21(27)18-9-16(15-7-5-4-6-8-15)12-25(18)20(26)11-22-2/h4-8,10,13-14,16,18,22-23H,9,11-12H2,1-3H3,(H,24,27)/t14-,16-,18?/m1/s1. The lowest BCUT2D eigenvalue weighted by atomic mass is 9.96. The normalized spacial score (nSPS) is 20.0. The average molecular weight is 401 g/mol. The van der Waals surface area contributed by atoms with Crippen molar-refractivity contribution in [2.24, 2.45) is 0 Å². The molecule has 28 heavy (non-hydrogen) atoms. The number of nitrogens with one attached hydrogen (secondary N) is 3. The lowest BCUT2D eigenvalue weighted by molar-refractivity contribution is -0.138. The van der Waals surface area contributed by atoms with Gasteiger partial charge in [-0.1, -0.05) is 30.3 Å². The van der Waals surface area contributed by atoms with Crippen LogP contribution in [0.2, 0.25) is 0 Å². The topological polar surface area (TPSA) is 73.5 Å². The van der Waals surface area contributed by atoms with Crippen LogP contribution in [0.1, 0.15) is 35.7 Å². The summed E-state index contributed by atoms with van der Waals surface area (Å²) in [7, 11) is 3.62. The van der Waals surface area contributed by atoms with Crippen LogP contribution < -0.4 is 16.0 Å². The first-order chi connectivity index (χ1) is 13.5. The van der Waals surface area contributed by atoms with Crippen molar-refractivity contribution in [3.8, 4) is 0 Å². The number of benzene rings is 1. The molecular formula is C21H28N4O2S. The molecule has 3 atom stereocenters. The van der Waals surface area contributed by atoms with Gasteiger partial charge in [0.25, 0.3) is 0 Å². The number of nitrogens with zero attached hydrogens (tertiary/aromatic N) is 1. The Kier molecular flexibility index (Phi) is 6.70. The van der Waals surface area contributed by atoms with Crippen LogP contribution in [0.25, 0.3) is 0 Å². The highest BCUT2D eigenvalue weighted by atomic mass is 32.1. The highest BCUT2D eigenvalue weighted by Crippen LogP contribution is 2.32. The summed E-state index contributed by atoms with van der Waals surface area (Å²) in [5.74, 6) is 0.0443. The van der Waals surface area contributed by atoms with Crippen LogP contribution in [0.15, 0.2) is 41.8 Å². The number of rotatable bonds is 7. The predicted octanol–water partition coefficient (Wildman–Crippen LogP) is 2.57. The van der Waals surface area contributed by atoms with E-state index in [0.717, 1.165) is 10.6 Å². The molecule has 3 rings (SSSR count). The zero-order chi connectivity index (χ0) is 20.1. The predicted molar refractivity (Wildman–Crippen MR) is 114 cm³/mol. The second-order valence-electron chi connectivity index (χ2n) is 7.15. The lowest BCUT2D eigenvalue weighted by Gasteiger charge is -2.25. The number of amides is 2. The average Bonchev–Trinajstić information content (AvgIpc) is 3.36. The number of hydrogen-bond acceptors (Lipinski definition) is 5. The fourth-order valence-electron chi connectivity index (χ4n) is 3.67. The van der Waals surface area contributed by atoms with Gasteiger partial charge in [0.2, 0.25) is 11.8 Å². The van der Waals surface area contributed by atoms with E-state index in [0.29, 0.717) is 13.0 Å². The summed E-state index contributed by atoms with van der Waals surface area (Å²) in [6.45, 7) is 2.78. The molecule has 0 spiro atoms. The summed E-state index contributed by atoms with van der Waals surface area (Å²) in [5.41, 5.74) is 2.21. The van der Waals surface area contributed by atoms with Crippen molar-refractivity contribution in [2.75, 3.05) is 32.5 Å². The van der Waals surface area contributed by atoms with Crippen molar-refractivity contribution in [3.63, 3.8) is 0 Å². The van der Waals surface area contributed by atoms with Gasteiger partial charge < -0.3 is 20.9 Å². The van der Waals surface area contributed by atoms with Crippen LogP contribution in [0, 0.1) is 0 Å². The molecule has 150 valence electrons. The minimum Gasteiger partial charge on any atom is -0.387 e. The highest BCUT2D eigenvalue weighted by molar-refractivity contribution is 7.10. The van der Waals surface area contributed by atoms with Crippen molar-refractivity contribution in [3.05, 3.63) is 52.2 Å². The molecule has 2 aromatic rings. The molecule has 0 saturated carbocycles. The zero-order valence-corrected chi connectivity index (χ0v) is 17.4. The fraction of sp³-hybridized carbons (Fsp3) is 0.429. The zero-order valence-electron chi connectivity index (χ0n) is 16.6. The van der Waals surface area contributed by atoms with Crippen LogP contribution in [-0.4, -0.2) is 49.9 Å². The molecule has 1 saturated heterocycles. The molecule has 2 heterocycles. The first-order valence-corrected chi connectivity index (χ1v) is 10.5. The van der Waals surface area contributed by atoms with Crippen molar-refractivity contribution in [1.29, 1.82) is 0 Å². The number of likely N-dealkylation sites (tertiary alicyclic amines) is 1. The molecule has 0 aliphatic carbocycles. The molecule has 1 aliphatic rings. The monoisotopic (exact) mass is 400 g/mol. The first kappa shape index (κ1) is 20.4. The van der Waals surface area contributed by atoms with Crippen molar-refractivity contribution in [2.45, 2.75) is 31.3 Å². The minimum atomic E-state index is -0.447. The van der Waals surface area contributed by atoms with Gasteiger partial charge in [-0.2, -0.15) is 0 Å². The third kappa shape index (κ3) is 4.54. The maximum absolute atomic E-state index is 13.1. The maximum atomic E-state index is 13.1. The molecule has 7 heteroatoms. The van der Waals surface area contributed by atoms with E-state index in [4.69, 9.17) is 0 Å². The van der Waals surface area contributed by atoms with Crippen LogP contribution >= 0.6 is 11.3 Å². The number of carbonyl (C=O) groups is 2. The molecule has 3 N–H and O–H groups in total.